The van der Waals surface area contributed by atoms with E-state index < -0.39 is 11.8 Å². The van der Waals surface area contributed by atoms with Crippen molar-refractivity contribution in [3.05, 3.63) is 35.9 Å². The van der Waals surface area contributed by atoms with Crippen molar-refractivity contribution in [1.29, 1.82) is 0 Å². The lowest BCUT2D eigenvalue weighted by Gasteiger charge is -2.17. The van der Waals surface area contributed by atoms with E-state index in [1.54, 1.807) is 12.2 Å². The van der Waals surface area contributed by atoms with Gasteiger partial charge in [-0.15, -0.1) is 24.5 Å². The van der Waals surface area contributed by atoms with Gasteiger partial charge in [0.1, 0.15) is 0 Å². The Morgan fingerprint density at radius 3 is 2.32 bits per heavy atom. The quantitative estimate of drug-likeness (QED) is 0.661. The van der Waals surface area contributed by atoms with Crippen LogP contribution < -0.4 is 5.32 Å². The molecule has 0 saturated heterocycles. The molecule has 1 aromatic heterocycles. The smallest absolute Gasteiger partial charge is 0.315 e. The lowest BCUT2D eigenvalue weighted by atomic mass is 10.4. The Balaban J connectivity index is 2.72. The van der Waals surface area contributed by atoms with Gasteiger partial charge in [-0.2, -0.15) is 0 Å². The highest BCUT2D eigenvalue weighted by molar-refractivity contribution is 7.15. The lowest BCUT2D eigenvalue weighted by molar-refractivity contribution is -0.142. The van der Waals surface area contributed by atoms with Gasteiger partial charge in [0.25, 0.3) is 0 Å². The maximum absolute atomic E-state index is 11.9. The molecule has 0 saturated carbocycles. The number of aryl methyl sites for hydroxylation is 2. The number of thiazole rings is 1. The fourth-order valence-corrected chi connectivity index (χ4v) is 2.18. The molecule has 0 atom stereocenters. The molecule has 0 aliphatic heterocycles. The van der Waals surface area contributed by atoms with E-state index in [0.29, 0.717) is 18.2 Å². The zero-order valence-electron chi connectivity index (χ0n) is 11.1. The molecule has 0 spiro atoms. The van der Waals surface area contributed by atoms with E-state index in [0.717, 1.165) is 10.6 Å². The number of amides is 2. The summed E-state index contributed by atoms with van der Waals surface area (Å²) in [6.45, 7) is 11.5. The minimum absolute atomic E-state index is 0.300. The van der Waals surface area contributed by atoms with Gasteiger partial charge in [-0.1, -0.05) is 12.2 Å². The summed E-state index contributed by atoms with van der Waals surface area (Å²) < 4.78 is 0. The summed E-state index contributed by atoms with van der Waals surface area (Å²) in [4.78, 5) is 30.3. The molecule has 0 aromatic carbocycles. The van der Waals surface area contributed by atoms with Crippen molar-refractivity contribution in [3.8, 4) is 0 Å². The summed E-state index contributed by atoms with van der Waals surface area (Å²) in [6, 6.07) is 0. The molecule has 0 aliphatic carbocycles. The summed E-state index contributed by atoms with van der Waals surface area (Å²) in [7, 11) is 0. The third kappa shape index (κ3) is 4.03. The van der Waals surface area contributed by atoms with E-state index in [-0.39, 0.29) is 0 Å². The number of hydrogen-bond acceptors (Lipinski definition) is 4. The van der Waals surface area contributed by atoms with Crippen LogP contribution in [0.15, 0.2) is 25.3 Å². The lowest BCUT2D eigenvalue weighted by Crippen LogP contribution is -2.39. The van der Waals surface area contributed by atoms with Gasteiger partial charge in [-0.25, -0.2) is 4.98 Å². The summed E-state index contributed by atoms with van der Waals surface area (Å²) >= 11 is 1.34. The Kier molecular flexibility index (Phi) is 5.44. The summed E-state index contributed by atoms with van der Waals surface area (Å²) in [5.74, 6) is -1.32. The van der Waals surface area contributed by atoms with Crippen LogP contribution in [0.2, 0.25) is 0 Å². The average Bonchev–Trinajstić information content (AvgIpc) is 2.67. The zero-order chi connectivity index (χ0) is 14.4. The summed E-state index contributed by atoms with van der Waals surface area (Å²) in [6.07, 6.45) is 3.12. The molecule has 1 N–H and O–H groups in total. The first-order chi connectivity index (χ1) is 8.99. The topological polar surface area (TPSA) is 62.3 Å². The Labute approximate surface area is 116 Å². The van der Waals surface area contributed by atoms with E-state index in [1.807, 2.05) is 13.8 Å². The monoisotopic (exact) mass is 279 g/mol. The Morgan fingerprint density at radius 2 is 1.89 bits per heavy atom. The highest BCUT2D eigenvalue weighted by Crippen LogP contribution is 2.20. The number of nitrogens with zero attached hydrogens (tertiary/aromatic N) is 2. The Morgan fingerprint density at radius 1 is 1.32 bits per heavy atom. The van der Waals surface area contributed by atoms with Gasteiger partial charge in [0.15, 0.2) is 5.13 Å². The van der Waals surface area contributed by atoms with Crippen molar-refractivity contribution in [2.75, 3.05) is 18.4 Å². The first-order valence-electron chi connectivity index (χ1n) is 5.75. The maximum atomic E-state index is 11.9. The first kappa shape index (κ1) is 15.1. The van der Waals surface area contributed by atoms with Gasteiger partial charge in [0.2, 0.25) is 0 Å². The molecular formula is C13H17N3O2S. The standard InChI is InChI=1S/C13H17N3O2S/c1-5-7-16(8-6-2)12(18)11(17)15-13-14-9(3)10(4)19-13/h5-6H,1-2,7-8H2,3-4H3,(H,14,15,17). The Bertz CT molecular complexity index is 478. The molecule has 1 rings (SSSR count). The summed E-state index contributed by atoms with van der Waals surface area (Å²) in [5.41, 5.74) is 0.849. The van der Waals surface area contributed by atoms with Crippen LogP contribution in [0.3, 0.4) is 0 Å². The molecular weight excluding hydrogens is 262 g/mol. The van der Waals surface area contributed by atoms with E-state index in [2.05, 4.69) is 23.5 Å². The molecule has 1 heterocycles. The van der Waals surface area contributed by atoms with Crippen molar-refractivity contribution < 1.29 is 9.59 Å². The zero-order valence-corrected chi connectivity index (χ0v) is 11.9. The van der Waals surface area contributed by atoms with Crippen LogP contribution in [0.25, 0.3) is 0 Å². The molecule has 0 fully saturated rings. The van der Waals surface area contributed by atoms with Crippen LogP contribution >= 0.6 is 11.3 Å². The molecule has 0 aliphatic rings. The fraction of sp³-hybridized carbons (Fsp3) is 0.308. The second kappa shape index (κ2) is 6.84. The number of aromatic nitrogens is 1. The molecule has 0 bridgehead atoms. The number of hydrogen-bond donors (Lipinski definition) is 1. The van der Waals surface area contributed by atoms with Crippen LogP contribution in [-0.4, -0.2) is 34.8 Å². The van der Waals surface area contributed by atoms with Crippen LogP contribution in [0.4, 0.5) is 5.13 Å². The highest BCUT2D eigenvalue weighted by Gasteiger charge is 2.21. The fourth-order valence-electron chi connectivity index (χ4n) is 1.37. The number of carbonyl (C=O) groups is 2. The second-order valence-corrected chi connectivity index (χ2v) is 5.11. The van der Waals surface area contributed by atoms with Crippen molar-refractivity contribution >= 4 is 28.3 Å². The third-order valence-corrected chi connectivity index (χ3v) is 3.42. The first-order valence-corrected chi connectivity index (χ1v) is 6.57. The maximum Gasteiger partial charge on any atom is 0.315 e. The van der Waals surface area contributed by atoms with E-state index in [9.17, 15) is 9.59 Å². The largest absolute Gasteiger partial charge is 0.327 e. The van der Waals surface area contributed by atoms with Gasteiger partial charge in [-0.05, 0) is 13.8 Å². The SMILES string of the molecule is C=CCN(CC=C)C(=O)C(=O)Nc1nc(C)c(C)s1. The van der Waals surface area contributed by atoms with Crippen molar-refractivity contribution in [1.82, 2.24) is 9.88 Å². The van der Waals surface area contributed by atoms with E-state index >= 15 is 0 Å². The number of nitrogens with one attached hydrogen (secondary N) is 1. The molecule has 102 valence electrons. The van der Waals surface area contributed by atoms with Crippen molar-refractivity contribution in [3.63, 3.8) is 0 Å². The van der Waals surface area contributed by atoms with Gasteiger partial charge >= 0.3 is 11.8 Å². The molecule has 1 aromatic rings. The minimum atomic E-state index is -0.697. The van der Waals surface area contributed by atoms with Crippen molar-refractivity contribution in [2.45, 2.75) is 13.8 Å². The number of rotatable bonds is 5. The predicted molar refractivity (Wildman–Crippen MR) is 77.2 cm³/mol. The third-order valence-electron chi connectivity index (χ3n) is 2.43. The van der Waals surface area contributed by atoms with Crippen molar-refractivity contribution in [2.24, 2.45) is 0 Å². The normalized spacial score (nSPS) is 9.79. The number of carbonyl (C=O) groups excluding carboxylic acids is 2. The Hall–Kier alpha value is -1.95. The van der Waals surface area contributed by atoms with E-state index in [1.165, 1.54) is 16.2 Å². The average molecular weight is 279 g/mol. The molecule has 2 amide bonds. The minimum Gasteiger partial charge on any atom is -0.327 e. The molecule has 0 unspecified atom stereocenters. The second-order valence-electron chi connectivity index (χ2n) is 3.90. The van der Waals surface area contributed by atoms with Crippen LogP contribution in [0, 0.1) is 13.8 Å². The molecule has 19 heavy (non-hydrogen) atoms. The predicted octanol–water partition coefficient (Wildman–Crippen LogP) is 1.90. The highest BCUT2D eigenvalue weighted by atomic mass is 32.1. The molecule has 0 radical (unpaired) electrons. The van der Waals surface area contributed by atoms with Gasteiger partial charge < -0.3 is 4.90 Å². The van der Waals surface area contributed by atoms with Crippen LogP contribution in [0.5, 0.6) is 0 Å². The van der Waals surface area contributed by atoms with Gasteiger partial charge in [0.05, 0.1) is 5.69 Å². The van der Waals surface area contributed by atoms with Gasteiger partial charge in [0, 0.05) is 18.0 Å². The summed E-state index contributed by atoms with van der Waals surface area (Å²) in [5, 5.41) is 2.94. The van der Waals surface area contributed by atoms with Gasteiger partial charge in [-0.3, -0.25) is 14.9 Å². The molecule has 5 nitrogen and oxygen atoms in total. The molecule has 6 heteroatoms. The van der Waals surface area contributed by atoms with Crippen LogP contribution in [0.1, 0.15) is 10.6 Å². The van der Waals surface area contributed by atoms with Crippen LogP contribution in [-0.2, 0) is 9.59 Å². The van der Waals surface area contributed by atoms with E-state index in [4.69, 9.17) is 0 Å². The number of anilines is 1.